The number of benzene rings is 4. The first kappa shape index (κ1) is 13.9. The van der Waals surface area contributed by atoms with Crippen LogP contribution < -0.4 is 0 Å². The normalized spacial score (nSPS) is 11.2. The maximum absolute atomic E-state index is 14.5. The van der Waals surface area contributed by atoms with Crippen molar-refractivity contribution >= 4 is 21.5 Å². The molecule has 0 aliphatic carbocycles. The summed E-state index contributed by atoms with van der Waals surface area (Å²) in [4.78, 5) is 0. The van der Waals surface area contributed by atoms with Crippen LogP contribution in [0.2, 0.25) is 0 Å². The summed E-state index contributed by atoms with van der Waals surface area (Å²) in [6.07, 6.45) is 0.497. The fourth-order valence-electron chi connectivity index (χ4n) is 3.23. The van der Waals surface area contributed by atoms with Gasteiger partial charge in [0.15, 0.2) is 0 Å². The molecule has 0 saturated heterocycles. The second-order valence-electron chi connectivity index (χ2n) is 5.69. The molecule has 4 aromatic rings. The lowest BCUT2D eigenvalue weighted by molar-refractivity contribution is 0.636. The summed E-state index contributed by atoms with van der Waals surface area (Å²) in [5.41, 5.74) is 1.74. The molecule has 0 aromatic heterocycles. The average Bonchev–Trinajstić information content (AvgIpc) is 2.55. The van der Waals surface area contributed by atoms with Gasteiger partial charge in [0.05, 0.1) is 0 Å². The van der Waals surface area contributed by atoms with Crippen LogP contribution in [0.15, 0.2) is 72.8 Å². The lowest BCUT2D eigenvalue weighted by atomic mass is 9.92. The van der Waals surface area contributed by atoms with Crippen molar-refractivity contribution in [3.8, 4) is 0 Å². The molecule has 0 spiro atoms. The van der Waals surface area contributed by atoms with Crippen LogP contribution in [-0.2, 0) is 6.42 Å². The summed E-state index contributed by atoms with van der Waals surface area (Å²) >= 11 is 0. The van der Waals surface area contributed by atoms with Crippen molar-refractivity contribution in [2.75, 3.05) is 0 Å². The molecule has 0 fully saturated rings. The highest BCUT2D eigenvalue weighted by atomic mass is 19.1. The molecular weight excluding hydrogens is 290 g/mol. The smallest absolute Gasteiger partial charge is 0.131 e. The van der Waals surface area contributed by atoms with E-state index in [0.29, 0.717) is 22.8 Å². The highest BCUT2D eigenvalue weighted by molar-refractivity contribution is 6.03. The third-order valence-corrected chi connectivity index (χ3v) is 4.23. The highest BCUT2D eigenvalue weighted by Gasteiger charge is 2.14. The molecule has 2 heteroatoms. The maximum Gasteiger partial charge on any atom is 0.131 e. The van der Waals surface area contributed by atoms with Gasteiger partial charge >= 0.3 is 0 Å². The summed E-state index contributed by atoms with van der Waals surface area (Å²) in [5, 5.41) is 2.62. The van der Waals surface area contributed by atoms with E-state index in [-0.39, 0.29) is 11.6 Å². The minimum Gasteiger partial charge on any atom is -0.206 e. The quantitative estimate of drug-likeness (QED) is 0.407. The number of rotatable bonds is 2. The third-order valence-electron chi connectivity index (χ3n) is 4.23. The number of hydrogen-bond acceptors (Lipinski definition) is 0. The van der Waals surface area contributed by atoms with Gasteiger partial charge in [-0.25, -0.2) is 8.78 Å². The van der Waals surface area contributed by atoms with Gasteiger partial charge in [-0.05, 0) is 46.5 Å². The lowest BCUT2D eigenvalue weighted by Gasteiger charge is -2.13. The summed E-state index contributed by atoms with van der Waals surface area (Å²) in [7, 11) is 0. The first-order valence-electron chi connectivity index (χ1n) is 7.56. The van der Waals surface area contributed by atoms with Gasteiger partial charge in [0, 0.05) is 10.8 Å². The Bertz CT molecular complexity index is 944. The van der Waals surface area contributed by atoms with Gasteiger partial charge < -0.3 is 0 Å². The Morgan fingerprint density at radius 2 is 1.17 bits per heavy atom. The Hall–Kier alpha value is -2.74. The molecule has 0 heterocycles. The van der Waals surface area contributed by atoms with Gasteiger partial charge in [-0.3, -0.25) is 0 Å². The number of fused-ring (bicyclic) bond motifs is 2. The van der Waals surface area contributed by atoms with E-state index in [1.807, 2.05) is 48.5 Å². The lowest BCUT2D eigenvalue weighted by Crippen LogP contribution is -1.96. The minimum absolute atomic E-state index is 0.307. The monoisotopic (exact) mass is 304 g/mol. The van der Waals surface area contributed by atoms with E-state index in [0.717, 1.165) is 16.3 Å². The Kier molecular flexibility index (Phi) is 3.30. The van der Waals surface area contributed by atoms with Gasteiger partial charge in [0.1, 0.15) is 11.6 Å². The van der Waals surface area contributed by atoms with E-state index in [4.69, 9.17) is 0 Å². The first-order chi connectivity index (χ1) is 11.2. The SMILES string of the molecule is Fc1cccc2cc3cccc(F)c3c(Cc3ccccc3)c12. The topological polar surface area (TPSA) is 0 Å². The van der Waals surface area contributed by atoms with Crippen molar-refractivity contribution in [1.29, 1.82) is 0 Å². The van der Waals surface area contributed by atoms with E-state index in [1.165, 1.54) is 12.1 Å². The molecule has 0 bridgehead atoms. The fourth-order valence-corrected chi connectivity index (χ4v) is 3.23. The number of hydrogen-bond donors (Lipinski definition) is 0. The maximum atomic E-state index is 14.5. The summed E-state index contributed by atoms with van der Waals surface area (Å²) in [5.74, 6) is -0.614. The summed E-state index contributed by atoms with van der Waals surface area (Å²) < 4.78 is 29.0. The Balaban J connectivity index is 2.11. The fraction of sp³-hybridized carbons (Fsp3) is 0.0476. The predicted octanol–water partition coefficient (Wildman–Crippen LogP) is 5.86. The van der Waals surface area contributed by atoms with Gasteiger partial charge in [-0.1, -0.05) is 54.6 Å². The average molecular weight is 304 g/mol. The summed E-state index contributed by atoms with van der Waals surface area (Å²) in [6, 6.07) is 21.6. The van der Waals surface area contributed by atoms with Crippen molar-refractivity contribution < 1.29 is 8.78 Å². The van der Waals surface area contributed by atoms with Crippen molar-refractivity contribution in [2.45, 2.75) is 6.42 Å². The van der Waals surface area contributed by atoms with Crippen molar-refractivity contribution in [3.63, 3.8) is 0 Å². The molecular formula is C21H14F2. The van der Waals surface area contributed by atoms with Crippen molar-refractivity contribution in [1.82, 2.24) is 0 Å². The van der Waals surface area contributed by atoms with E-state index in [2.05, 4.69) is 0 Å². The Labute approximate surface area is 133 Å². The molecule has 0 nitrogen and oxygen atoms in total. The standard InChI is InChI=1S/C21H14F2/c22-18-10-4-8-15-13-16-9-5-11-19(23)21(16)17(20(15)18)12-14-6-2-1-3-7-14/h1-11,13H,12H2. The van der Waals surface area contributed by atoms with Crippen LogP contribution in [0.4, 0.5) is 8.78 Å². The van der Waals surface area contributed by atoms with E-state index >= 15 is 0 Å². The second-order valence-corrected chi connectivity index (χ2v) is 5.69. The van der Waals surface area contributed by atoms with Gasteiger partial charge in [-0.15, -0.1) is 0 Å². The largest absolute Gasteiger partial charge is 0.206 e. The van der Waals surface area contributed by atoms with Crippen LogP contribution in [0.1, 0.15) is 11.1 Å². The molecule has 0 aliphatic heterocycles. The van der Waals surface area contributed by atoms with Crippen LogP contribution in [0.5, 0.6) is 0 Å². The van der Waals surface area contributed by atoms with E-state index in [9.17, 15) is 8.78 Å². The molecule has 4 rings (SSSR count). The molecule has 0 atom stereocenters. The van der Waals surface area contributed by atoms with Crippen LogP contribution in [-0.4, -0.2) is 0 Å². The first-order valence-corrected chi connectivity index (χ1v) is 7.56. The zero-order valence-corrected chi connectivity index (χ0v) is 12.4. The third kappa shape index (κ3) is 2.36. The minimum atomic E-state index is -0.307. The molecule has 0 aliphatic rings. The molecule has 0 amide bonds. The molecule has 23 heavy (non-hydrogen) atoms. The molecule has 0 N–H and O–H groups in total. The molecule has 112 valence electrons. The highest BCUT2D eigenvalue weighted by Crippen LogP contribution is 2.33. The van der Waals surface area contributed by atoms with Gasteiger partial charge in [-0.2, -0.15) is 0 Å². The molecule has 4 aromatic carbocycles. The molecule has 0 radical (unpaired) electrons. The van der Waals surface area contributed by atoms with Crippen LogP contribution in [0.25, 0.3) is 21.5 Å². The van der Waals surface area contributed by atoms with Gasteiger partial charge in [0.25, 0.3) is 0 Å². The number of halogens is 2. The summed E-state index contributed by atoms with van der Waals surface area (Å²) in [6.45, 7) is 0. The Morgan fingerprint density at radius 3 is 1.74 bits per heavy atom. The van der Waals surface area contributed by atoms with E-state index in [1.54, 1.807) is 12.1 Å². The molecule has 0 saturated carbocycles. The zero-order valence-electron chi connectivity index (χ0n) is 12.4. The zero-order chi connectivity index (χ0) is 15.8. The van der Waals surface area contributed by atoms with Crippen molar-refractivity contribution in [3.05, 3.63) is 95.6 Å². The van der Waals surface area contributed by atoms with Crippen LogP contribution >= 0.6 is 0 Å². The predicted molar refractivity (Wildman–Crippen MR) is 90.6 cm³/mol. The second kappa shape index (κ2) is 5.47. The Morgan fingerprint density at radius 1 is 0.609 bits per heavy atom. The molecule has 0 unspecified atom stereocenters. The van der Waals surface area contributed by atoms with E-state index < -0.39 is 0 Å². The van der Waals surface area contributed by atoms with Crippen molar-refractivity contribution in [2.24, 2.45) is 0 Å². The van der Waals surface area contributed by atoms with Crippen LogP contribution in [0.3, 0.4) is 0 Å². The van der Waals surface area contributed by atoms with Crippen LogP contribution in [0, 0.1) is 11.6 Å². The van der Waals surface area contributed by atoms with Gasteiger partial charge in [0.2, 0.25) is 0 Å².